The number of hydrogen-bond acceptors (Lipinski definition) is 4. The van der Waals surface area contributed by atoms with E-state index in [1.807, 2.05) is 42.5 Å². The second kappa shape index (κ2) is 11.4. The van der Waals surface area contributed by atoms with Crippen molar-refractivity contribution in [1.29, 1.82) is 0 Å². The third kappa shape index (κ3) is 5.57. The summed E-state index contributed by atoms with van der Waals surface area (Å²) in [5, 5.41) is 2.99. The molecule has 0 aliphatic heterocycles. The Kier molecular flexibility index (Phi) is 7.81. The Morgan fingerprint density at radius 1 is 1.00 bits per heavy atom. The number of rotatable bonds is 11. The molecule has 3 aromatic carbocycles. The maximum Gasteiger partial charge on any atom is 0.255 e. The van der Waals surface area contributed by atoms with Crippen molar-refractivity contribution in [3.63, 3.8) is 0 Å². The van der Waals surface area contributed by atoms with Gasteiger partial charge in [0.15, 0.2) is 0 Å². The molecule has 4 rings (SSSR count). The van der Waals surface area contributed by atoms with Crippen molar-refractivity contribution in [2.75, 3.05) is 20.3 Å². The first-order valence-corrected chi connectivity index (χ1v) is 11.8. The summed E-state index contributed by atoms with van der Waals surface area (Å²) in [5.74, 6) is 2.32. The zero-order valence-corrected chi connectivity index (χ0v) is 19.8. The lowest BCUT2D eigenvalue weighted by molar-refractivity contribution is 0.0950. The van der Waals surface area contributed by atoms with Gasteiger partial charge in [-0.1, -0.05) is 43.3 Å². The van der Waals surface area contributed by atoms with Gasteiger partial charge in [0.05, 0.1) is 30.3 Å². The summed E-state index contributed by atoms with van der Waals surface area (Å²) < 4.78 is 13.5. The summed E-state index contributed by atoms with van der Waals surface area (Å²) >= 11 is 0. The van der Waals surface area contributed by atoms with Crippen molar-refractivity contribution in [2.24, 2.45) is 0 Å². The normalized spacial score (nSPS) is 10.9. The molecule has 6 heteroatoms. The molecule has 0 spiro atoms. The molecule has 0 aliphatic rings. The van der Waals surface area contributed by atoms with E-state index in [-0.39, 0.29) is 5.91 Å². The third-order valence-corrected chi connectivity index (χ3v) is 5.86. The highest BCUT2D eigenvalue weighted by Crippen LogP contribution is 2.19. The van der Waals surface area contributed by atoms with Gasteiger partial charge in [-0.3, -0.25) is 4.79 Å². The van der Waals surface area contributed by atoms with Gasteiger partial charge in [-0.25, -0.2) is 4.98 Å². The average Bonchev–Trinajstić information content (AvgIpc) is 3.24. The molecular formula is C28H31N3O3. The van der Waals surface area contributed by atoms with Crippen LogP contribution in [0.5, 0.6) is 11.5 Å². The molecule has 176 valence electrons. The van der Waals surface area contributed by atoms with Crippen molar-refractivity contribution in [3.05, 3.63) is 89.7 Å². The monoisotopic (exact) mass is 457 g/mol. The Bertz CT molecular complexity index is 1230. The fourth-order valence-corrected chi connectivity index (χ4v) is 4.02. The predicted octanol–water partition coefficient (Wildman–Crippen LogP) is 5.05. The van der Waals surface area contributed by atoms with Crippen molar-refractivity contribution in [1.82, 2.24) is 14.9 Å². The number of benzene rings is 3. The summed E-state index contributed by atoms with van der Waals surface area (Å²) in [7, 11) is 1.57. The van der Waals surface area contributed by atoms with E-state index in [4.69, 9.17) is 14.5 Å². The van der Waals surface area contributed by atoms with Gasteiger partial charge in [0.2, 0.25) is 0 Å². The molecule has 0 unspecified atom stereocenters. The Morgan fingerprint density at radius 2 is 1.76 bits per heavy atom. The summed E-state index contributed by atoms with van der Waals surface area (Å²) in [6.07, 6.45) is 2.56. The molecule has 4 aromatic rings. The average molecular weight is 458 g/mol. The van der Waals surface area contributed by atoms with E-state index >= 15 is 0 Å². The molecule has 1 heterocycles. The van der Waals surface area contributed by atoms with Crippen LogP contribution in [0.2, 0.25) is 0 Å². The van der Waals surface area contributed by atoms with E-state index in [9.17, 15) is 4.79 Å². The Morgan fingerprint density at radius 3 is 2.56 bits per heavy atom. The first kappa shape index (κ1) is 23.4. The lowest BCUT2D eigenvalue weighted by Crippen LogP contribution is -2.25. The molecule has 1 aromatic heterocycles. The van der Waals surface area contributed by atoms with Crippen LogP contribution in [0.4, 0.5) is 0 Å². The fourth-order valence-electron chi connectivity index (χ4n) is 4.02. The minimum Gasteiger partial charge on any atom is -0.496 e. The van der Waals surface area contributed by atoms with E-state index in [2.05, 4.69) is 35.0 Å². The van der Waals surface area contributed by atoms with Crippen LogP contribution in [0.1, 0.15) is 35.1 Å². The van der Waals surface area contributed by atoms with Crippen LogP contribution in [0, 0.1) is 0 Å². The number of nitrogens with one attached hydrogen (secondary N) is 1. The van der Waals surface area contributed by atoms with Gasteiger partial charge in [-0.15, -0.1) is 0 Å². The summed E-state index contributed by atoms with van der Waals surface area (Å²) in [6, 6.07) is 23.6. The highest BCUT2D eigenvalue weighted by molar-refractivity contribution is 5.96. The number of carbonyl (C=O) groups excluding carboxylic acids is 1. The quantitative estimate of drug-likeness (QED) is 0.320. The van der Waals surface area contributed by atoms with Gasteiger partial charge < -0.3 is 19.4 Å². The number of aryl methyl sites for hydroxylation is 2. The maximum atomic E-state index is 12.5. The highest BCUT2D eigenvalue weighted by Gasteiger charge is 2.13. The van der Waals surface area contributed by atoms with Gasteiger partial charge in [0, 0.05) is 13.0 Å². The van der Waals surface area contributed by atoms with Crippen LogP contribution < -0.4 is 14.8 Å². The smallest absolute Gasteiger partial charge is 0.255 e. The molecule has 0 atom stereocenters. The lowest BCUT2D eigenvalue weighted by Gasteiger charge is -2.12. The molecular weight excluding hydrogens is 426 g/mol. The van der Waals surface area contributed by atoms with Crippen LogP contribution in [-0.2, 0) is 19.4 Å². The number of nitrogens with zero attached hydrogens (tertiary/aromatic N) is 2. The van der Waals surface area contributed by atoms with Gasteiger partial charge in [-0.2, -0.15) is 0 Å². The van der Waals surface area contributed by atoms with Crippen molar-refractivity contribution < 1.29 is 14.3 Å². The van der Waals surface area contributed by atoms with Crippen molar-refractivity contribution >= 4 is 16.9 Å². The van der Waals surface area contributed by atoms with Crippen LogP contribution in [0.25, 0.3) is 11.0 Å². The van der Waals surface area contributed by atoms with Crippen LogP contribution in [0.15, 0.2) is 72.8 Å². The topological polar surface area (TPSA) is 65.4 Å². The van der Waals surface area contributed by atoms with Crippen molar-refractivity contribution in [2.45, 2.75) is 32.7 Å². The van der Waals surface area contributed by atoms with E-state index in [0.717, 1.165) is 41.9 Å². The van der Waals surface area contributed by atoms with E-state index < -0.39 is 0 Å². The zero-order chi connectivity index (χ0) is 23.8. The van der Waals surface area contributed by atoms with Crippen LogP contribution in [-0.4, -0.2) is 35.7 Å². The molecule has 34 heavy (non-hydrogen) atoms. The molecule has 6 nitrogen and oxygen atoms in total. The summed E-state index contributed by atoms with van der Waals surface area (Å²) in [6.45, 7) is 3.97. The number of amides is 1. The predicted molar refractivity (Wildman–Crippen MR) is 135 cm³/mol. The highest BCUT2D eigenvalue weighted by atomic mass is 16.5. The van der Waals surface area contributed by atoms with Crippen LogP contribution in [0.3, 0.4) is 0 Å². The second-order valence-corrected chi connectivity index (χ2v) is 8.07. The molecule has 0 fully saturated rings. The first-order chi connectivity index (χ1) is 16.7. The Labute approximate surface area is 200 Å². The second-order valence-electron chi connectivity index (χ2n) is 8.07. The molecule has 1 N–H and O–H groups in total. The standard InChI is InChI=1S/C28H31N3O3/c1-3-21-14-16-22(17-15-21)34-20-19-31-25-11-6-5-10-24(25)30-27(31)13-8-18-29-28(32)23-9-4-7-12-26(23)33-2/h4-7,9-12,14-17H,3,8,13,18-20H2,1-2H3,(H,29,32). The third-order valence-electron chi connectivity index (χ3n) is 5.86. The SMILES string of the molecule is CCc1ccc(OCCn2c(CCCNC(=O)c3ccccc3OC)nc3ccccc32)cc1. The Balaban J connectivity index is 1.36. The minimum absolute atomic E-state index is 0.131. The van der Waals surface area contributed by atoms with Gasteiger partial charge in [-0.05, 0) is 54.8 Å². The van der Waals surface area contributed by atoms with Gasteiger partial charge in [0.1, 0.15) is 23.9 Å². The molecule has 0 aliphatic carbocycles. The maximum absolute atomic E-state index is 12.5. The van der Waals surface area contributed by atoms with E-state index in [1.165, 1.54) is 5.56 Å². The van der Waals surface area contributed by atoms with Gasteiger partial charge in [0.25, 0.3) is 5.91 Å². The lowest BCUT2D eigenvalue weighted by atomic mass is 10.2. The number of fused-ring (bicyclic) bond motifs is 1. The van der Waals surface area contributed by atoms with Crippen LogP contribution >= 0.6 is 0 Å². The number of aromatic nitrogens is 2. The Hall–Kier alpha value is -3.80. The largest absolute Gasteiger partial charge is 0.496 e. The minimum atomic E-state index is -0.131. The molecule has 1 amide bonds. The summed E-state index contributed by atoms with van der Waals surface area (Å²) in [5.41, 5.74) is 3.91. The van der Waals surface area contributed by atoms with Crippen molar-refractivity contribution in [3.8, 4) is 11.5 Å². The van der Waals surface area contributed by atoms with E-state index in [0.29, 0.717) is 31.0 Å². The number of carbonyl (C=O) groups is 1. The number of hydrogen-bond donors (Lipinski definition) is 1. The summed E-state index contributed by atoms with van der Waals surface area (Å²) in [4.78, 5) is 17.4. The molecule has 0 bridgehead atoms. The fraction of sp³-hybridized carbons (Fsp3) is 0.286. The molecule has 0 saturated carbocycles. The molecule has 0 radical (unpaired) electrons. The number of methoxy groups -OCH3 is 1. The van der Waals surface area contributed by atoms with E-state index in [1.54, 1.807) is 19.2 Å². The number of ether oxygens (including phenoxy) is 2. The van der Waals surface area contributed by atoms with Gasteiger partial charge >= 0.3 is 0 Å². The molecule has 0 saturated heterocycles. The number of imidazole rings is 1. The first-order valence-electron chi connectivity index (χ1n) is 11.8. The number of para-hydroxylation sites is 3. The zero-order valence-electron chi connectivity index (χ0n) is 19.8.